The van der Waals surface area contributed by atoms with Crippen LogP contribution in [0.15, 0.2) is 59.8 Å². The molecule has 2 aliphatic rings. The first-order valence-corrected chi connectivity index (χ1v) is 11.3. The Morgan fingerprint density at radius 3 is 2.23 bits per heavy atom. The summed E-state index contributed by atoms with van der Waals surface area (Å²) in [4.78, 5) is 32.1. The summed E-state index contributed by atoms with van der Waals surface area (Å²) in [6.45, 7) is 7.47. The molecule has 2 amide bonds. The Labute approximate surface area is 185 Å². The molecule has 1 aliphatic carbocycles. The Kier molecular flexibility index (Phi) is 7.83. The summed E-state index contributed by atoms with van der Waals surface area (Å²) < 4.78 is 0. The molecule has 0 radical (unpaired) electrons. The highest BCUT2D eigenvalue weighted by atomic mass is 16.6. The average molecular weight is 423 g/mol. The molecule has 1 heterocycles. The van der Waals surface area contributed by atoms with Crippen LogP contribution in [0.3, 0.4) is 0 Å². The first-order valence-electron chi connectivity index (χ1n) is 11.3. The molecule has 1 aliphatic heterocycles. The van der Waals surface area contributed by atoms with Gasteiger partial charge < -0.3 is 4.84 Å². The van der Waals surface area contributed by atoms with Crippen molar-refractivity contribution in [2.45, 2.75) is 52.9 Å². The molecule has 0 N–H and O–H groups in total. The summed E-state index contributed by atoms with van der Waals surface area (Å²) in [6.07, 6.45) is 11.7. The van der Waals surface area contributed by atoms with Crippen LogP contribution in [0, 0.1) is 17.3 Å². The van der Waals surface area contributed by atoms with Crippen LogP contribution in [0.25, 0.3) is 0 Å². The van der Waals surface area contributed by atoms with Crippen molar-refractivity contribution < 1.29 is 14.4 Å². The predicted molar refractivity (Wildman–Crippen MR) is 123 cm³/mol. The Morgan fingerprint density at radius 2 is 1.61 bits per heavy atom. The number of rotatable bonds is 10. The number of fused-ring (bicyclic) bond motifs is 1. The SMILES string of the molecule is CC(C)(C)/C(CCCCN1C(=O)C2C=CC=CC2C1=O)=N/OCCCc1ccccc1. The van der Waals surface area contributed by atoms with Crippen LogP contribution in [0.4, 0.5) is 0 Å². The van der Waals surface area contributed by atoms with Gasteiger partial charge in [-0.1, -0.05) is 80.6 Å². The fourth-order valence-corrected chi connectivity index (χ4v) is 4.00. The number of likely N-dealkylation sites (tertiary alicyclic amines) is 1. The number of aryl methyl sites for hydroxylation is 1. The van der Waals surface area contributed by atoms with Gasteiger partial charge in [0, 0.05) is 12.0 Å². The minimum absolute atomic E-state index is 0.0675. The number of nitrogens with zero attached hydrogens (tertiary/aromatic N) is 2. The highest BCUT2D eigenvalue weighted by Crippen LogP contribution is 2.31. The zero-order valence-corrected chi connectivity index (χ0v) is 18.9. The van der Waals surface area contributed by atoms with Gasteiger partial charge in [-0.2, -0.15) is 0 Å². The van der Waals surface area contributed by atoms with Crippen LogP contribution in [-0.4, -0.2) is 35.6 Å². The molecule has 1 aromatic rings. The topological polar surface area (TPSA) is 59.0 Å². The van der Waals surface area contributed by atoms with E-state index < -0.39 is 0 Å². The van der Waals surface area contributed by atoms with Crippen molar-refractivity contribution in [1.82, 2.24) is 4.90 Å². The number of carbonyl (C=O) groups is 2. The van der Waals surface area contributed by atoms with Gasteiger partial charge in [-0.25, -0.2) is 0 Å². The van der Waals surface area contributed by atoms with Gasteiger partial charge in [0.1, 0.15) is 6.61 Å². The monoisotopic (exact) mass is 422 g/mol. The number of hydrogen-bond acceptors (Lipinski definition) is 4. The van der Waals surface area contributed by atoms with E-state index in [0.29, 0.717) is 13.2 Å². The Morgan fingerprint density at radius 1 is 0.968 bits per heavy atom. The van der Waals surface area contributed by atoms with E-state index in [4.69, 9.17) is 4.84 Å². The summed E-state index contributed by atoms with van der Waals surface area (Å²) in [7, 11) is 0. The molecular formula is C26H34N2O3. The number of carbonyl (C=O) groups excluding carboxylic acids is 2. The summed E-state index contributed by atoms with van der Waals surface area (Å²) in [5.41, 5.74) is 2.25. The van der Waals surface area contributed by atoms with Crippen LogP contribution in [0.1, 0.15) is 52.0 Å². The molecule has 1 saturated heterocycles. The van der Waals surface area contributed by atoms with Crippen LogP contribution in [-0.2, 0) is 20.8 Å². The molecule has 2 unspecified atom stereocenters. The molecule has 31 heavy (non-hydrogen) atoms. The van der Waals surface area contributed by atoms with Crippen molar-refractivity contribution in [3.05, 3.63) is 60.2 Å². The van der Waals surface area contributed by atoms with Gasteiger partial charge >= 0.3 is 0 Å². The van der Waals surface area contributed by atoms with Gasteiger partial charge in [0.15, 0.2) is 0 Å². The molecule has 0 saturated carbocycles. The van der Waals surface area contributed by atoms with Crippen molar-refractivity contribution in [3.8, 4) is 0 Å². The van der Waals surface area contributed by atoms with Gasteiger partial charge in [0.25, 0.3) is 0 Å². The molecule has 0 spiro atoms. The number of benzene rings is 1. The molecule has 5 heteroatoms. The second kappa shape index (κ2) is 10.6. The zero-order chi connectivity index (χ0) is 22.3. The van der Waals surface area contributed by atoms with Gasteiger partial charge in [-0.05, 0) is 37.7 Å². The van der Waals surface area contributed by atoms with Gasteiger partial charge in [-0.3, -0.25) is 14.5 Å². The van der Waals surface area contributed by atoms with E-state index in [2.05, 4.69) is 50.2 Å². The normalized spacial score (nSPS) is 21.0. The third-order valence-corrected chi connectivity index (χ3v) is 5.87. The first-order chi connectivity index (χ1) is 14.9. The van der Waals surface area contributed by atoms with E-state index in [9.17, 15) is 9.59 Å². The van der Waals surface area contributed by atoms with Crippen LogP contribution in [0.2, 0.25) is 0 Å². The smallest absolute Gasteiger partial charge is 0.237 e. The molecule has 166 valence electrons. The molecular weight excluding hydrogens is 388 g/mol. The maximum absolute atomic E-state index is 12.5. The second-order valence-electron chi connectivity index (χ2n) is 9.32. The minimum atomic E-state index is -0.312. The number of unbranched alkanes of at least 4 members (excludes halogenated alkanes) is 1. The molecule has 0 bridgehead atoms. The first kappa shape index (κ1) is 23.0. The third-order valence-electron chi connectivity index (χ3n) is 5.87. The van der Waals surface area contributed by atoms with Gasteiger partial charge in [-0.15, -0.1) is 0 Å². The number of imide groups is 1. The highest BCUT2D eigenvalue weighted by molar-refractivity contribution is 6.07. The van der Waals surface area contributed by atoms with E-state index in [1.54, 1.807) is 0 Å². The lowest BCUT2D eigenvalue weighted by atomic mass is 9.87. The van der Waals surface area contributed by atoms with Crippen molar-refractivity contribution in [1.29, 1.82) is 0 Å². The quantitative estimate of drug-likeness (QED) is 0.232. The van der Waals surface area contributed by atoms with Crippen molar-refractivity contribution in [3.63, 3.8) is 0 Å². The van der Waals surface area contributed by atoms with E-state index in [-0.39, 0.29) is 29.1 Å². The molecule has 5 nitrogen and oxygen atoms in total. The molecule has 3 rings (SSSR count). The average Bonchev–Trinajstić information content (AvgIpc) is 2.99. The zero-order valence-electron chi connectivity index (χ0n) is 18.9. The Balaban J connectivity index is 1.42. The Bertz CT molecular complexity index is 819. The number of amides is 2. The van der Waals surface area contributed by atoms with Crippen LogP contribution < -0.4 is 0 Å². The highest BCUT2D eigenvalue weighted by Gasteiger charge is 2.45. The fourth-order valence-electron chi connectivity index (χ4n) is 4.00. The van der Waals surface area contributed by atoms with E-state index in [0.717, 1.165) is 37.8 Å². The van der Waals surface area contributed by atoms with Crippen molar-refractivity contribution in [2.24, 2.45) is 22.4 Å². The lowest BCUT2D eigenvalue weighted by Gasteiger charge is -2.21. The number of oxime groups is 1. The standard InChI is InChI=1S/C26H34N2O3/c1-26(2,3)23(27-31-19-11-14-20-12-5-4-6-13-20)17-9-10-18-28-24(29)21-15-7-8-16-22(21)25(28)30/h4-8,12-13,15-16,21-22H,9-11,14,17-19H2,1-3H3/b27-23+. The third kappa shape index (κ3) is 6.16. The van der Waals surface area contributed by atoms with Crippen LogP contribution in [0.5, 0.6) is 0 Å². The summed E-state index contributed by atoms with van der Waals surface area (Å²) >= 11 is 0. The van der Waals surface area contributed by atoms with Crippen molar-refractivity contribution >= 4 is 17.5 Å². The maximum atomic E-state index is 12.5. The predicted octanol–water partition coefficient (Wildman–Crippen LogP) is 4.94. The Hall–Kier alpha value is -2.69. The minimum Gasteiger partial charge on any atom is -0.396 e. The summed E-state index contributed by atoms with van der Waals surface area (Å²) in [5, 5.41) is 4.44. The molecule has 1 aromatic carbocycles. The van der Waals surface area contributed by atoms with Crippen molar-refractivity contribution in [2.75, 3.05) is 13.2 Å². The fraction of sp³-hybridized carbons (Fsp3) is 0.500. The molecule has 1 fully saturated rings. The van der Waals surface area contributed by atoms with Gasteiger partial charge in [0.2, 0.25) is 11.8 Å². The maximum Gasteiger partial charge on any atom is 0.237 e. The number of hydrogen-bond donors (Lipinski definition) is 0. The number of allylic oxidation sites excluding steroid dienone is 2. The largest absolute Gasteiger partial charge is 0.396 e. The van der Waals surface area contributed by atoms with E-state index >= 15 is 0 Å². The van der Waals surface area contributed by atoms with E-state index in [1.165, 1.54) is 10.5 Å². The molecule has 0 aromatic heterocycles. The summed E-state index contributed by atoms with van der Waals surface area (Å²) in [5.74, 6) is -0.758. The lowest BCUT2D eigenvalue weighted by Crippen LogP contribution is -2.32. The van der Waals surface area contributed by atoms with E-state index in [1.807, 2.05) is 30.4 Å². The molecule has 2 atom stereocenters. The van der Waals surface area contributed by atoms with Gasteiger partial charge in [0.05, 0.1) is 17.5 Å². The van der Waals surface area contributed by atoms with Crippen LogP contribution >= 0.6 is 0 Å². The summed E-state index contributed by atoms with van der Waals surface area (Å²) in [6, 6.07) is 10.4. The second-order valence-corrected chi connectivity index (χ2v) is 9.32. The lowest BCUT2D eigenvalue weighted by molar-refractivity contribution is -0.139.